The fraction of sp³-hybridized carbons (Fsp3) is 0.364. The molecule has 7 heteroatoms. The first-order valence-corrected chi connectivity index (χ1v) is 7.30. The molecule has 1 unspecified atom stereocenters. The molecule has 96 valence electrons. The maximum Gasteiger partial charge on any atom is 0.243 e. The molecule has 0 aliphatic carbocycles. The summed E-state index contributed by atoms with van der Waals surface area (Å²) in [5, 5.41) is 3.75. The predicted molar refractivity (Wildman–Crippen MR) is 67.7 cm³/mol. The molecule has 1 aliphatic heterocycles. The summed E-state index contributed by atoms with van der Waals surface area (Å²) in [5.41, 5.74) is 0.586. The van der Waals surface area contributed by atoms with Gasteiger partial charge in [-0.3, -0.25) is 0 Å². The summed E-state index contributed by atoms with van der Waals surface area (Å²) < 4.78 is 27.3. The zero-order chi connectivity index (χ0) is 12.6. The molecule has 0 spiro atoms. The Labute approximate surface area is 105 Å². The van der Waals surface area contributed by atoms with Gasteiger partial charge in [0.25, 0.3) is 0 Å². The van der Waals surface area contributed by atoms with E-state index in [-0.39, 0.29) is 10.9 Å². The molecule has 0 amide bonds. The van der Waals surface area contributed by atoms with Gasteiger partial charge in [-0.25, -0.2) is 18.1 Å². The average molecular weight is 266 g/mol. The largest absolute Gasteiger partial charge is 0.345 e. The standard InChI is InChI=1S/C11H14N4O2S/c16-18(17,15-8-3-5-12-6-8)10-7-14-11-9(10)2-1-4-13-11/h1-2,4,7-8,12,15H,3,5-6H2,(H,13,14). The molecule has 6 nitrogen and oxygen atoms in total. The molecule has 1 fully saturated rings. The molecule has 1 atom stereocenters. The molecule has 0 bridgehead atoms. The van der Waals surface area contributed by atoms with Crippen LogP contribution in [0.5, 0.6) is 0 Å². The lowest BCUT2D eigenvalue weighted by molar-refractivity contribution is 0.561. The van der Waals surface area contributed by atoms with Crippen LogP contribution in [-0.2, 0) is 10.0 Å². The van der Waals surface area contributed by atoms with Gasteiger partial charge in [-0.15, -0.1) is 0 Å². The Morgan fingerprint density at radius 2 is 2.33 bits per heavy atom. The van der Waals surface area contributed by atoms with Gasteiger partial charge >= 0.3 is 0 Å². The lowest BCUT2D eigenvalue weighted by Crippen LogP contribution is -2.36. The van der Waals surface area contributed by atoms with Crippen LogP contribution in [0.3, 0.4) is 0 Å². The zero-order valence-corrected chi connectivity index (χ0v) is 10.5. The number of aromatic amines is 1. The van der Waals surface area contributed by atoms with Crippen LogP contribution in [0.2, 0.25) is 0 Å². The molecule has 0 radical (unpaired) electrons. The summed E-state index contributed by atoms with van der Waals surface area (Å²) in [6, 6.07) is 3.45. The number of H-pyrrole nitrogens is 1. The molecule has 1 saturated heterocycles. The van der Waals surface area contributed by atoms with E-state index in [1.165, 1.54) is 6.20 Å². The van der Waals surface area contributed by atoms with Gasteiger partial charge in [0.15, 0.2) is 0 Å². The first kappa shape index (κ1) is 11.6. The molecule has 0 aromatic carbocycles. The molecule has 3 rings (SSSR count). The Hall–Kier alpha value is -1.44. The molecule has 2 aromatic heterocycles. The van der Waals surface area contributed by atoms with E-state index >= 15 is 0 Å². The highest BCUT2D eigenvalue weighted by Crippen LogP contribution is 2.21. The Morgan fingerprint density at radius 1 is 1.44 bits per heavy atom. The lowest BCUT2D eigenvalue weighted by Gasteiger charge is -2.10. The van der Waals surface area contributed by atoms with Crippen molar-refractivity contribution in [2.24, 2.45) is 0 Å². The highest BCUT2D eigenvalue weighted by atomic mass is 32.2. The second-order valence-corrected chi connectivity index (χ2v) is 6.05. The van der Waals surface area contributed by atoms with Crippen molar-refractivity contribution >= 4 is 21.1 Å². The van der Waals surface area contributed by atoms with Gasteiger partial charge in [0.1, 0.15) is 10.5 Å². The highest BCUT2D eigenvalue weighted by molar-refractivity contribution is 7.89. The Morgan fingerprint density at radius 3 is 3.11 bits per heavy atom. The van der Waals surface area contributed by atoms with Crippen molar-refractivity contribution in [1.29, 1.82) is 0 Å². The van der Waals surface area contributed by atoms with E-state index < -0.39 is 10.0 Å². The average Bonchev–Trinajstić information content (AvgIpc) is 2.96. The van der Waals surface area contributed by atoms with Crippen LogP contribution in [0, 0.1) is 0 Å². The molecule has 3 N–H and O–H groups in total. The van der Waals surface area contributed by atoms with Crippen LogP contribution in [-0.4, -0.2) is 37.5 Å². The number of aromatic nitrogens is 2. The lowest BCUT2D eigenvalue weighted by atomic mass is 10.3. The quantitative estimate of drug-likeness (QED) is 0.741. The summed E-state index contributed by atoms with van der Waals surface area (Å²) in [6.07, 6.45) is 3.94. The summed E-state index contributed by atoms with van der Waals surface area (Å²) in [6.45, 7) is 1.53. The van der Waals surface area contributed by atoms with E-state index in [1.807, 2.05) is 0 Å². The van der Waals surface area contributed by atoms with Crippen molar-refractivity contribution in [3.63, 3.8) is 0 Å². The minimum Gasteiger partial charge on any atom is -0.345 e. The monoisotopic (exact) mass is 266 g/mol. The number of rotatable bonds is 3. The normalized spacial score (nSPS) is 20.6. The minimum atomic E-state index is -3.49. The maximum absolute atomic E-state index is 12.3. The maximum atomic E-state index is 12.3. The number of pyridine rings is 1. The minimum absolute atomic E-state index is 0.0309. The number of nitrogens with zero attached hydrogens (tertiary/aromatic N) is 1. The Balaban J connectivity index is 1.97. The number of hydrogen-bond donors (Lipinski definition) is 3. The predicted octanol–water partition coefficient (Wildman–Crippen LogP) is 0.203. The van der Waals surface area contributed by atoms with E-state index in [0.717, 1.165) is 13.0 Å². The molecule has 1 aliphatic rings. The molecule has 3 heterocycles. The van der Waals surface area contributed by atoms with Crippen LogP contribution in [0.15, 0.2) is 29.4 Å². The number of nitrogens with one attached hydrogen (secondary N) is 3. The number of hydrogen-bond acceptors (Lipinski definition) is 4. The molecule has 0 saturated carbocycles. The van der Waals surface area contributed by atoms with Crippen LogP contribution < -0.4 is 10.0 Å². The zero-order valence-electron chi connectivity index (χ0n) is 9.68. The van der Waals surface area contributed by atoms with Gasteiger partial charge in [-0.2, -0.15) is 0 Å². The van der Waals surface area contributed by atoms with Crippen LogP contribution in [0.1, 0.15) is 6.42 Å². The first-order chi connectivity index (χ1) is 8.67. The second-order valence-electron chi connectivity index (χ2n) is 4.36. The van der Waals surface area contributed by atoms with E-state index in [1.54, 1.807) is 18.3 Å². The smallest absolute Gasteiger partial charge is 0.243 e. The summed E-state index contributed by atoms with van der Waals surface area (Å²) >= 11 is 0. The highest BCUT2D eigenvalue weighted by Gasteiger charge is 2.25. The topological polar surface area (TPSA) is 86.9 Å². The van der Waals surface area contributed by atoms with Gasteiger partial charge in [0.2, 0.25) is 10.0 Å². The Bertz CT molecular complexity index is 658. The van der Waals surface area contributed by atoms with E-state index in [4.69, 9.17) is 0 Å². The van der Waals surface area contributed by atoms with Gasteiger partial charge in [-0.05, 0) is 25.1 Å². The fourth-order valence-corrected chi connectivity index (χ4v) is 3.63. The van der Waals surface area contributed by atoms with Gasteiger partial charge in [0.05, 0.1) is 0 Å². The van der Waals surface area contributed by atoms with Crippen LogP contribution >= 0.6 is 0 Å². The Kier molecular flexibility index (Phi) is 2.81. The fourth-order valence-electron chi connectivity index (χ4n) is 2.19. The van der Waals surface area contributed by atoms with Gasteiger partial charge in [-0.1, -0.05) is 0 Å². The van der Waals surface area contributed by atoms with Crippen molar-refractivity contribution in [3.8, 4) is 0 Å². The summed E-state index contributed by atoms with van der Waals surface area (Å²) in [4.78, 5) is 7.22. The summed E-state index contributed by atoms with van der Waals surface area (Å²) in [5.74, 6) is 0. The third kappa shape index (κ3) is 2.00. The molecule has 2 aromatic rings. The van der Waals surface area contributed by atoms with Crippen LogP contribution in [0.4, 0.5) is 0 Å². The van der Waals surface area contributed by atoms with Crippen molar-refractivity contribution < 1.29 is 8.42 Å². The van der Waals surface area contributed by atoms with Gasteiger partial charge in [0, 0.05) is 30.4 Å². The molecular weight excluding hydrogens is 252 g/mol. The SMILES string of the molecule is O=S(=O)(NC1CCNC1)c1c[nH]c2ncccc12. The molecule has 18 heavy (non-hydrogen) atoms. The number of fused-ring (bicyclic) bond motifs is 1. The van der Waals surface area contributed by atoms with E-state index in [2.05, 4.69) is 20.0 Å². The van der Waals surface area contributed by atoms with Crippen molar-refractivity contribution in [3.05, 3.63) is 24.5 Å². The van der Waals surface area contributed by atoms with Gasteiger partial charge < -0.3 is 10.3 Å². The third-order valence-electron chi connectivity index (χ3n) is 3.08. The first-order valence-electron chi connectivity index (χ1n) is 5.82. The number of sulfonamides is 1. The van der Waals surface area contributed by atoms with Crippen molar-refractivity contribution in [2.75, 3.05) is 13.1 Å². The second kappa shape index (κ2) is 4.34. The van der Waals surface area contributed by atoms with E-state index in [0.29, 0.717) is 17.6 Å². The van der Waals surface area contributed by atoms with Crippen molar-refractivity contribution in [1.82, 2.24) is 20.0 Å². The third-order valence-corrected chi connectivity index (χ3v) is 4.65. The molecular formula is C11H14N4O2S. The van der Waals surface area contributed by atoms with E-state index in [9.17, 15) is 8.42 Å². The van der Waals surface area contributed by atoms with Crippen molar-refractivity contribution in [2.45, 2.75) is 17.4 Å². The van der Waals surface area contributed by atoms with Crippen LogP contribution in [0.25, 0.3) is 11.0 Å². The summed E-state index contributed by atoms with van der Waals surface area (Å²) in [7, 11) is -3.49.